The lowest BCUT2D eigenvalue weighted by atomic mass is 9.89. The fraction of sp³-hybridized carbons (Fsp3) is 0.800. The average Bonchev–Trinajstić information content (AvgIpc) is 2.44. The highest BCUT2D eigenvalue weighted by Crippen LogP contribution is 2.24. The van der Waals surface area contributed by atoms with Gasteiger partial charge in [0.25, 0.3) is 0 Å². The van der Waals surface area contributed by atoms with Gasteiger partial charge in [0, 0.05) is 13.1 Å². The molecule has 1 aliphatic carbocycles. The summed E-state index contributed by atoms with van der Waals surface area (Å²) in [6.07, 6.45) is 7.79. The number of unbranched alkanes of at least 4 members (excludes halogenated alkanes) is 1. The van der Waals surface area contributed by atoms with Gasteiger partial charge in [-0.1, -0.05) is 32.6 Å². The van der Waals surface area contributed by atoms with E-state index < -0.39 is 5.91 Å². The fourth-order valence-electron chi connectivity index (χ4n) is 2.62. The number of carbonyl (C=O) groups is 2. The molecule has 0 saturated heterocycles. The van der Waals surface area contributed by atoms with E-state index in [0.717, 1.165) is 19.4 Å². The van der Waals surface area contributed by atoms with Crippen LogP contribution in [0.25, 0.3) is 0 Å². The maximum Gasteiger partial charge on any atom is 0.324 e. The Kier molecular flexibility index (Phi) is 7.71. The SMILES string of the molecule is CCCCN(CC1CCCCC1)C(=O)NC(=O)CC#N. The molecule has 0 spiro atoms. The van der Waals surface area contributed by atoms with Gasteiger partial charge < -0.3 is 4.90 Å². The molecule has 0 unspecified atom stereocenters. The van der Waals surface area contributed by atoms with Crippen LogP contribution in [0.3, 0.4) is 0 Å². The molecule has 0 radical (unpaired) electrons. The number of hydrogen-bond donors (Lipinski definition) is 1. The Hall–Kier alpha value is -1.57. The quantitative estimate of drug-likeness (QED) is 0.812. The molecule has 0 aromatic heterocycles. The van der Waals surface area contributed by atoms with Gasteiger partial charge in [-0.2, -0.15) is 5.26 Å². The molecule has 0 heterocycles. The Morgan fingerprint density at radius 2 is 2.00 bits per heavy atom. The van der Waals surface area contributed by atoms with Crippen molar-refractivity contribution in [2.24, 2.45) is 5.92 Å². The van der Waals surface area contributed by atoms with Crippen molar-refractivity contribution in [3.8, 4) is 6.07 Å². The van der Waals surface area contributed by atoms with Crippen molar-refractivity contribution in [2.75, 3.05) is 13.1 Å². The highest BCUT2D eigenvalue weighted by molar-refractivity contribution is 5.95. The van der Waals surface area contributed by atoms with Gasteiger partial charge in [0.1, 0.15) is 6.42 Å². The first-order valence-corrected chi connectivity index (χ1v) is 7.63. The van der Waals surface area contributed by atoms with Crippen LogP contribution in [0.15, 0.2) is 0 Å². The number of nitrogens with zero attached hydrogens (tertiary/aromatic N) is 2. The Morgan fingerprint density at radius 3 is 2.60 bits per heavy atom. The summed E-state index contributed by atoms with van der Waals surface area (Å²) in [5, 5.41) is 10.8. The average molecular weight is 279 g/mol. The zero-order chi connectivity index (χ0) is 14.8. The third-order valence-electron chi connectivity index (χ3n) is 3.76. The normalized spacial score (nSPS) is 15.4. The maximum absolute atomic E-state index is 12.1. The number of urea groups is 1. The van der Waals surface area contributed by atoms with Crippen LogP contribution in [-0.4, -0.2) is 29.9 Å². The van der Waals surface area contributed by atoms with Crippen molar-refractivity contribution in [1.29, 1.82) is 5.26 Å². The lowest BCUT2D eigenvalue weighted by Crippen LogP contribution is -2.45. The minimum Gasteiger partial charge on any atom is -0.324 e. The largest absolute Gasteiger partial charge is 0.324 e. The van der Waals surface area contributed by atoms with Gasteiger partial charge >= 0.3 is 6.03 Å². The number of imide groups is 1. The van der Waals surface area contributed by atoms with Gasteiger partial charge in [0.05, 0.1) is 6.07 Å². The van der Waals surface area contributed by atoms with Crippen molar-refractivity contribution >= 4 is 11.9 Å². The van der Waals surface area contributed by atoms with E-state index in [1.807, 2.05) is 0 Å². The molecule has 0 bridgehead atoms. The van der Waals surface area contributed by atoms with Crippen molar-refractivity contribution in [3.63, 3.8) is 0 Å². The standard InChI is InChI=1S/C15H25N3O2/c1-2-3-11-18(12-13-7-5-4-6-8-13)15(20)17-14(19)9-10-16/h13H,2-9,11-12H2,1H3,(H,17,19,20). The number of nitriles is 1. The van der Waals surface area contributed by atoms with Gasteiger partial charge in [-0.15, -0.1) is 0 Å². The number of hydrogen-bond acceptors (Lipinski definition) is 3. The molecule has 112 valence electrons. The summed E-state index contributed by atoms with van der Waals surface area (Å²) in [7, 11) is 0. The molecule has 1 saturated carbocycles. The second kappa shape index (κ2) is 9.35. The summed E-state index contributed by atoms with van der Waals surface area (Å²) in [6.45, 7) is 3.49. The monoisotopic (exact) mass is 279 g/mol. The van der Waals surface area contributed by atoms with Gasteiger partial charge in [-0.05, 0) is 25.2 Å². The summed E-state index contributed by atoms with van der Waals surface area (Å²) < 4.78 is 0. The zero-order valence-electron chi connectivity index (χ0n) is 12.4. The predicted molar refractivity (Wildman–Crippen MR) is 76.8 cm³/mol. The summed E-state index contributed by atoms with van der Waals surface area (Å²) >= 11 is 0. The smallest absolute Gasteiger partial charge is 0.324 e. The third-order valence-corrected chi connectivity index (χ3v) is 3.76. The molecule has 1 N–H and O–H groups in total. The molecule has 5 nitrogen and oxygen atoms in total. The van der Waals surface area contributed by atoms with Crippen molar-refractivity contribution in [3.05, 3.63) is 0 Å². The third kappa shape index (κ3) is 6.05. The summed E-state index contributed by atoms with van der Waals surface area (Å²) in [5.74, 6) is 0.0417. The lowest BCUT2D eigenvalue weighted by molar-refractivity contribution is -0.119. The Labute approximate surface area is 121 Å². The van der Waals surface area contributed by atoms with Crippen LogP contribution in [0.4, 0.5) is 4.79 Å². The molecule has 1 aliphatic rings. The van der Waals surface area contributed by atoms with E-state index in [-0.39, 0.29) is 12.5 Å². The zero-order valence-corrected chi connectivity index (χ0v) is 12.4. The molecular formula is C15H25N3O2. The van der Waals surface area contributed by atoms with E-state index in [4.69, 9.17) is 5.26 Å². The molecule has 1 fully saturated rings. The molecule has 0 aromatic rings. The molecule has 0 aliphatic heterocycles. The maximum atomic E-state index is 12.1. The van der Waals surface area contributed by atoms with Crippen LogP contribution in [0, 0.1) is 17.2 Å². The Bertz CT molecular complexity index is 357. The highest BCUT2D eigenvalue weighted by atomic mass is 16.2. The predicted octanol–water partition coefficient (Wildman–Crippen LogP) is 2.82. The number of nitrogens with one attached hydrogen (secondary N) is 1. The van der Waals surface area contributed by atoms with Crippen molar-refractivity contribution in [1.82, 2.24) is 10.2 Å². The van der Waals surface area contributed by atoms with E-state index in [0.29, 0.717) is 12.5 Å². The van der Waals surface area contributed by atoms with Gasteiger partial charge in [-0.25, -0.2) is 4.79 Å². The second-order valence-electron chi connectivity index (χ2n) is 5.49. The van der Waals surface area contributed by atoms with Crippen LogP contribution >= 0.6 is 0 Å². The lowest BCUT2D eigenvalue weighted by Gasteiger charge is -2.29. The molecular weight excluding hydrogens is 254 g/mol. The van der Waals surface area contributed by atoms with E-state index in [9.17, 15) is 9.59 Å². The minimum atomic E-state index is -0.511. The molecule has 20 heavy (non-hydrogen) atoms. The van der Waals surface area contributed by atoms with E-state index in [1.54, 1.807) is 11.0 Å². The first-order chi connectivity index (χ1) is 9.67. The van der Waals surface area contributed by atoms with Crippen LogP contribution in [0.1, 0.15) is 58.3 Å². The van der Waals surface area contributed by atoms with Gasteiger partial charge in [-0.3, -0.25) is 10.1 Å². The number of rotatable bonds is 6. The van der Waals surface area contributed by atoms with Crippen molar-refractivity contribution < 1.29 is 9.59 Å². The van der Waals surface area contributed by atoms with E-state index in [2.05, 4.69) is 12.2 Å². The molecule has 3 amide bonds. The topological polar surface area (TPSA) is 73.2 Å². The van der Waals surface area contributed by atoms with Crippen molar-refractivity contribution in [2.45, 2.75) is 58.3 Å². The van der Waals surface area contributed by atoms with Crippen LogP contribution < -0.4 is 5.32 Å². The Morgan fingerprint density at radius 1 is 1.30 bits per heavy atom. The summed E-state index contributed by atoms with van der Waals surface area (Å²) in [6, 6.07) is 1.41. The van der Waals surface area contributed by atoms with Crippen LogP contribution in [0.5, 0.6) is 0 Å². The molecule has 1 rings (SSSR count). The molecule has 0 aromatic carbocycles. The van der Waals surface area contributed by atoms with Gasteiger partial charge in [0.2, 0.25) is 5.91 Å². The summed E-state index contributed by atoms with van der Waals surface area (Å²) in [5.41, 5.74) is 0. The Balaban J connectivity index is 2.50. The number of carbonyl (C=O) groups excluding carboxylic acids is 2. The molecule has 5 heteroatoms. The number of amides is 3. The fourth-order valence-corrected chi connectivity index (χ4v) is 2.62. The van der Waals surface area contributed by atoms with E-state index >= 15 is 0 Å². The van der Waals surface area contributed by atoms with E-state index in [1.165, 1.54) is 32.1 Å². The van der Waals surface area contributed by atoms with Crippen LogP contribution in [0.2, 0.25) is 0 Å². The highest BCUT2D eigenvalue weighted by Gasteiger charge is 2.21. The van der Waals surface area contributed by atoms with Crippen LogP contribution in [-0.2, 0) is 4.79 Å². The first-order valence-electron chi connectivity index (χ1n) is 7.63. The summed E-state index contributed by atoms with van der Waals surface area (Å²) in [4.78, 5) is 25.2. The first kappa shape index (κ1) is 16.5. The van der Waals surface area contributed by atoms with Gasteiger partial charge in [0.15, 0.2) is 0 Å². The second-order valence-corrected chi connectivity index (χ2v) is 5.49. The minimum absolute atomic E-state index is 0.267. The molecule has 0 atom stereocenters.